The zero-order chi connectivity index (χ0) is 32.9. The number of unbranched alkanes of at least 4 members (excludes halogenated alkanes) is 1. The molecule has 0 aliphatic carbocycles. The Hall–Kier alpha value is -4.62. The second kappa shape index (κ2) is 14.4. The number of hydrogen-bond acceptors (Lipinski definition) is 11. The van der Waals surface area contributed by atoms with Gasteiger partial charge in [-0.1, -0.05) is 54.6 Å². The molecule has 1 fully saturated rings. The second-order valence-corrected chi connectivity index (χ2v) is 12.8. The number of fused-ring (bicyclic) bond motifs is 1. The molecule has 0 saturated carbocycles. The van der Waals surface area contributed by atoms with E-state index in [0.29, 0.717) is 65.1 Å². The zero-order valence-corrected chi connectivity index (χ0v) is 27.4. The SMILES string of the molecule is CCCCOc1ccc(C2C(=C(O)c3ccc4c(c3)OCCO4)C(=O)C(=O)N2c2nnc(SCc3ccc(F)cc3)s2)cc1OCC. The number of aliphatic hydroxyl groups is 1. The predicted octanol–water partition coefficient (Wildman–Crippen LogP) is 6.94. The summed E-state index contributed by atoms with van der Waals surface area (Å²) in [7, 11) is 0. The van der Waals surface area contributed by atoms with Gasteiger partial charge in [0.1, 0.15) is 24.8 Å². The lowest BCUT2D eigenvalue weighted by Gasteiger charge is -2.24. The lowest BCUT2D eigenvalue weighted by molar-refractivity contribution is -0.132. The van der Waals surface area contributed by atoms with Crippen LogP contribution >= 0.6 is 23.1 Å². The number of carbonyl (C=O) groups excluding carboxylic acids is 2. The van der Waals surface area contributed by atoms with Gasteiger partial charge in [-0.3, -0.25) is 14.5 Å². The van der Waals surface area contributed by atoms with Crippen LogP contribution in [0, 0.1) is 5.82 Å². The molecule has 10 nitrogen and oxygen atoms in total. The van der Waals surface area contributed by atoms with Crippen molar-refractivity contribution in [2.75, 3.05) is 31.3 Å². The number of hydrogen-bond donors (Lipinski definition) is 1. The fourth-order valence-electron chi connectivity index (χ4n) is 5.18. The molecule has 1 saturated heterocycles. The van der Waals surface area contributed by atoms with E-state index in [1.54, 1.807) is 48.5 Å². The van der Waals surface area contributed by atoms with Gasteiger partial charge < -0.3 is 24.1 Å². The van der Waals surface area contributed by atoms with Crippen LogP contribution in [-0.4, -0.2) is 53.4 Å². The molecule has 4 aromatic rings. The van der Waals surface area contributed by atoms with Crippen LogP contribution in [0.25, 0.3) is 5.76 Å². The number of nitrogens with zero attached hydrogens (tertiary/aromatic N) is 3. The molecule has 3 heterocycles. The molecule has 1 amide bonds. The Morgan fingerprint density at radius 3 is 2.55 bits per heavy atom. The number of aliphatic hydroxyl groups excluding tert-OH is 1. The van der Waals surface area contributed by atoms with E-state index < -0.39 is 17.7 Å². The molecule has 1 aromatic heterocycles. The highest BCUT2D eigenvalue weighted by Crippen LogP contribution is 2.46. The molecule has 1 atom stereocenters. The summed E-state index contributed by atoms with van der Waals surface area (Å²) in [6.07, 6.45) is 1.82. The van der Waals surface area contributed by atoms with Crippen molar-refractivity contribution >= 4 is 45.7 Å². The highest BCUT2D eigenvalue weighted by Gasteiger charge is 2.48. The Balaban J connectivity index is 1.41. The summed E-state index contributed by atoms with van der Waals surface area (Å²) in [5, 5.41) is 20.4. The number of anilines is 1. The molecule has 1 unspecified atom stereocenters. The number of rotatable bonds is 12. The van der Waals surface area contributed by atoms with Crippen LogP contribution in [0.2, 0.25) is 0 Å². The summed E-state index contributed by atoms with van der Waals surface area (Å²) in [4.78, 5) is 28.8. The molecule has 13 heteroatoms. The Bertz CT molecular complexity index is 1810. The number of carbonyl (C=O) groups is 2. The minimum Gasteiger partial charge on any atom is -0.507 e. The summed E-state index contributed by atoms with van der Waals surface area (Å²) < 4.78 is 37.1. The smallest absolute Gasteiger partial charge is 0.301 e. The predicted molar refractivity (Wildman–Crippen MR) is 176 cm³/mol. The number of halogens is 1. The van der Waals surface area contributed by atoms with Crippen molar-refractivity contribution in [3.63, 3.8) is 0 Å². The summed E-state index contributed by atoms with van der Waals surface area (Å²) in [5.74, 6) is -0.0167. The molecule has 2 aliphatic rings. The topological polar surface area (TPSA) is 120 Å². The van der Waals surface area contributed by atoms with Gasteiger partial charge in [0, 0.05) is 11.3 Å². The van der Waals surface area contributed by atoms with E-state index in [4.69, 9.17) is 18.9 Å². The van der Waals surface area contributed by atoms with E-state index in [9.17, 15) is 19.1 Å². The number of amides is 1. The largest absolute Gasteiger partial charge is 0.507 e. The van der Waals surface area contributed by atoms with E-state index >= 15 is 0 Å². The minimum absolute atomic E-state index is 0.121. The number of Topliss-reactive ketones (excluding diaryl/α,β-unsaturated/α-hetero) is 1. The molecule has 0 radical (unpaired) electrons. The van der Waals surface area contributed by atoms with Gasteiger partial charge in [-0.05, 0) is 66.9 Å². The van der Waals surface area contributed by atoms with Crippen LogP contribution in [0.5, 0.6) is 23.0 Å². The van der Waals surface area contributed by atoms with Crippen LogP contribution in [0.4, 0.5) is 9.52 Å². The monoisotopic (exact) mass is 677 g/mol. The van der Waals surface area contributed by atoms with Crippen LogP contribution in [-0.2, 0) is 15.3 Å². The van der Waals surface area contributed by atoms with Crippen molar-refractivity contribution in [3.8, 4) is 23.0 Å². The third-order valence-corrected chi connectivity index (χ3v) is 9.60. The third-order valence-electron chi connectivity index (χ3n) is 7.48. The number of benzene rings is 3. The maximum absolute atomic E-state index is 13.8. The van der Waals surface area contributed by atoms with Crippen LogP contribution in [0.15, 0.2) is 70.6 Å². The molecule has 1 N–H and O–H groups in total. The molecular weight excluding hydrogens is 646 g/mol. The average molecular weight is 678 g/mol. The van der Waals surface area contributed by atoms with Crippen molar-refractivity contribution in [1.82, 2.24) is 10.2 Å². The molecular formula is C34H32FN3O7S2. The Morgan fingerprint density at radius 2 is 1.79 bits per heavy atom. The van der Waals surface area contributed by atoms with Crippen molar-refractivity contribution in [2.24, 2.45) is 0 Å². The van der Waals surface area contributed by atoms with E-state index in [-0.39, 0.29) is 27.8 Å². The fraction of sp³-hybridized carbons (Fsp3) is 0.294. The van der Waals surface area contributed by atoms with E-state index in [0.717, 1.165) is 29.7 Å². The van der Waals surface area contributed by atoms with Gasteiger partial charge in [0.05, 0.1) is 24.8 Å². The van der Waals surface area contributed by atoms with Gasteiger partial charge in [0.15, 0.2) is 27.3 Å². The first-order valence-electron chi connectivity index (χ1n) is 15.2. The molecule has 47 heavy (non-hydrogen) atoms. The molecule has 0 spiro atoms. The third kappa shape index (κ3) is 6.91. The Morgan fingerprint density at radius 1 is 1.00 bits per heavy atom. The van der Waals surface area contributed by atoms with Gasteiger partial charge in [0.25, 0.3) is 5.78 Å². The van der Waals surface area contributed by atoms with Crippen molar-refractivity contribution in [2.45, 2.75) is 42.8 Å². The lowest BCUT2D eigenvalue weighted by Crippen LogP contribution is -2.29. The van der Waals surface area contributed by atoms with Crippen molar-refractivity contribution < 1.29 is 38.0 Å². The lowest BCUT2D eigenvalue weighted by atomic mass is 9.95. The molecule has 6 rings (SSSR count). The maximum Gasteiger partial charge on any atom is 0.301 e. The van der Waals surface area contributed by atoms with E-state index in [2.05, 4.69) is 17.1 Å². The molecule has 2 aliphatic heterocycles. The summed E-state index contributed by atoms with van der Waals surface area (Å²) in [6.45, 7) is 5.52. The van der Waals surface area contributed by atoms with Gasteiger partial charge in [-0.15, -0.1) is 10.2 Å². The first kappa shape index (κ1) is 32.3. The molecule has 3 aromatic carbocycles. The van der Waals surface area contributed by atoms with Crippen LogP contribution < -0.4 is 23.8 Å². The van der Waals surface area contributed by atoms with Crippen molar-refractivity contribution in [3.05, 3.63) is 88.7 Å². The normalized spacial score (nSPS) is 16.8. The zero-order valence-electron chi connectivity index (χ0n) is 25.7. The first-order chi connectivity index (χ1) is 22.9. The number of aromatic nitrogens is 2. The fourth-order valence-corrected chi connectivity index (χ4v) is 7.01. The molecule has 0 bridgehead atoms. The summed E-state index contributed by atoms with van der Waals surface area (Å²) in [5.41, 5.74) is 1.56. The number of thioether (sulfide) groups is 1. The Kier molecular flexibility index (Phi) is 9.92. The van der Waals surface area contributed by atoms with Crippen LogP contribution in [0.3, 0.4) is 0 Å². The van der Waals surface area contributed by atoms with E-state index in [1.165, 1.54) is 28.8 Å². The quantitative estimate of drug-likeness (QED) is 0.0422. The minimum atomic E-state index is -1.06. The van der Waals surface area contributed by atoms with Gasteiger partial charge >= 0.3 is 5.91 Å². The second-order valence-electron chi connectivity index (χ2n) is 10.6. The van der Waals surface area contributed by atoms with Crippen LogP contribution in [0.1, 0.15) is 49.4 Å². The summed E-state index contributed by atoms with van der Waals surface area (Å²) >= 11 is 2.51. The van der Waals surface area contributed by atoms with E-state index in [1.807, 2.05) is 6.92 Å². The highest BCUT2D eigenvalue weighted by atomic mass is 32.2. The van der Waals surface area contributed by atoms with Gasteiger partial charge in [0.2, 0.25) is 5.13 Å². The average Bonchev–Trinajstić information content (AvgIpc) is 3.66. The molecule has 244 valence electrons. The standard InChI is InChI=1S/C34H32FN3O7S2/c1-3-5-14-43-24-12-8-21(17-26(24)42-4-2)29-28(30(39)22-9-13-25-27(18-22)45-16-15-44-25)31(40)32(41)38(29)33-36-37-34(47-33)46-19-20-6-10-23(35)11-7-20/h6-13,17-18,29,39H,3-5,14-16,19H2,1-2H3. The van der Waals surface area contributed by atoms with Crippen molar-refractivity contribution in [1.29, 1.82) is 0 Å². The summed E-state index contributed by atoms with van der Waals surface area (Å²) in [6, 6.07) is 15.1. The number of ether oxygens (including phenoxy) is 4. The maximum atomic E-state index is 13.8. The highest BCUT2D eigenvalue weighted by molar-refractivity contribution is 8.00. The van der Waals surface area contributed by atoms with Gasteiger partial charge in [-0.2, -0.15) is 0 Å². The Labute approximate surface area is 279 Å². The number of ketones is 1. The first-order valence-corrected chi connectivity index (χ1v) is 17.0. The van der Waals surface area contributed by atoms with Gasteiger partial charge in [-0.25, -0.2) is 4.39 Å².